The Balaban J connectivity index is 1.93. The summed E-state index contributed by atoms with van der Waals surface area (Å²) >= 11 is 0. The fourth-order valence-electron chi connectivity index (χ4n) is 3.00. The Morgan fingerprint density at radius 3 is 2.71 bits per heavy atom. The normalized spacial score (nSPS) is 16.8. The molecule has 0 unspecified atom stereocenters. The molecule has 0 aromatic carbocycles. The molecule has 0 spiro atoms. The minimum atomic E-state index is -0.323. The average Bonchev–Trinajstić information content (AvgIpc) is 2.74. The van der Waals surface area contributed by atoms with Crippen molar-refractivity contribution in [3.8, 4) is 0 Å². The SMILES string of the molecule is COC(=O)c1cccc2ncc(CN3CCCCCC3)n12. The van der Waals surface area contributed by atoms with Crippen LogP contribution in [0.15, 0.2) is 24.4 Å². The number of rotatable bonds is 3. The lowest BCUT2D eigenvalue weighted by Gasteiger charge is -2.19. The van der Waals surface area contributed by atoms with Crippen molar-refractivity contribution in [2.75, 3.05) is 20.2 Å². The second-order valence-electron chi connectivity index (χ2n) is 5.54. The van der Waals surface area contributed by atoms with Gasteiger partial charge >= 0.3 is 5.97 Å². The van der Waals surface area contributed by atoms with Gasteiger partial charge in [-0.1, -0.05) is 18.9 Å². The van der Waals surface area contributed by atoms with E-state index in [4.69, 9.17) is 4.74 Å². The first-order valence-corrected chi connectivity index (χ1v) is 7.55. The molecule has 5 nitrogen and oxygen atoms in total. The van der Waals surface area contributed by atoms with E-state index in [1.807, 2.05) is 22.7 Å². The van der Waals surface area contributed by atoms with Crippen LogP contribution in [0.2, 0.25) is 0 Å². The van der Waals surface area contributed by atoms with Gasteiger partial charge in [0.1, 0.15) is 11.3 Å². The van der Waals surface area contributed by atoms with Crippen LogP contribution in [0.1, 0.15) is 41.9 Å². The summed E-state index contributed by atoms with van der Waals surface area (Å²) < 4.78 is 6.79. The van der Waals surface area contributed by atoms with Crippen molar-refractivity contribution < 1.29 is 9.53 Å². The minimum absolute atomic E-state index is 0.323. The van der Waals surface area contributed by atoms with Crippen molar-refractivity contribution in [1.29, 1.82) is 0 Å². The second kappa shape index (κ2) is 6.26. The van der Waals surface area contributed by atoms with E-state index in [1.54, 1.807) is 6.07 Å². The largest absolute Gasteiger partial charge is 0.464 e. The van der Waals surface area contributed by atoms with Crippen molar-refractivity contribution in [3.05, 3.63) is 35.8 Å². The monoisotopic (exact) mass is 287 g/mol. The van der Waals surface area contributed by atoms with E-state index in [0.29, 0.717) is 5.69 Å². The molecular formula is C16H21N3O2. The number of hydrogen-bond acceptors (Lipinski definition) is 4. The Hall–Kier alpha value is -1.88. The number of pyridine rings is 1. The van der Waals surface area contributed by atoms with Crippen molar-refractivity contribution in [2.45, 2.75) is 32.2 Å². The van der Waals surface area contributed by atoms with E-state index < -0.39 is 0 Å². The minimum Gasteiger partial charge on any atom is -0.464 e. The predicted molar refractivity (Wildman–Crippen MR) is 80.3 cm³/mol. The molecule has 112 valence electrons. The molecule has 3 heterocycles. The second-order valence-corrected chi connectivity index (χ2v) is 5.54. The summed E-state index contributed by atoms with van der Waals surface area (Å²) in [6.07, 6.45) is 7.00. The summed E-state index contributed by atoms with van der Waals surface area (Å²) in [4.78, 5) is 18.8. The highest BCUT2D eigenvalue weighted by Gasteiger charge is 2.16. The zero-order chi connectivity index (χ0) is 14.7. The summed E-state index contributed by atoms with van der Waals surface area (Å²) in [5.41, 5.74) is 2.38. The smallest absolute Gasteiger partial charge is 0.355 e. The first-order chi connectivity index (χ1) is 10.3. The third-order valence-corrected chi connectivity index (χ3v) is 4.08. The summed E-state index contributed by atoms with van der Waals surface area (Å²) in [7, 11) is 1.41. The van der Waals surface area contributed by atoms with Gasteiger partial charge in [0, 0.05) is 6.54 Å². The van der Waals surface area contributed by atoms with Crippen LogP contribution in [-0.2, 0) is 11.3 Å². The molecule has 0 N–H and O–H groups in total. The molecule has 1 aliphatic rings. The van der Waals surface area contributed by atoms with Crippen molar-refractivity contribution in [1.82, 2.24) is 14.3 Å². The Morgan fingerprint density at radius 2 is 2.00 bits per heavy atom. The maximum atomic E-state index is 11.9. The summed E-state index contributed by atoms with van der Waals surface area (Å²) in [5.74, 6) is -0.323. The highest BCUT2D eigenvalue weighted by molar-refractivity contribution is 5.88. The van der Waals surface area contributed by atoms with Gasteiger partial charge in [0.2, 0.25) is 0 Å². The van der Waals surface area contributed by atoms with Gasteiger partial charge in [-0.2, -0.15) is 0 Å². The molecule has 1 fully saturated rings. The van der Waals surface area contributed by atoms with Crippen molar-refractivity contribution in [2.24, 2.45) is 0 Å². The quantitative estimate of drug-likeness (QED) is 0.814. The Labute approximate surface area is 124 Å². The van der Waals surface area contributed by atoms with Gasteiger partial charge in [0.05, 0.1) is 19.0 Å². The Kier molecular flexibility index (Phi) is 4.20. The zero-order valence-electron chi connectivity index (χ0n) is 12.4. The van der Waals surface area contributed by atoms with Gasteiger partial charge in [-0.3, -0.25) is 9.30 Å². The standard InChI is InChI=1S/C16H21N3O2/c1-21-16(20)14-7-6-8-15-17-11-13(19(14)15)12-18-9-4-2-3-5-10-18/h6-8,11H,2-5,9-10,12H2,1H3. The number of aromatic nitrogens is 2. The third kappa shape index (κ3) is 2.93. The number of esters is 1. The number of ether oxygens (including phenoxy) is 1. The highest BCUT2D eigenvalue weighted by Crippen LogP contribution is 2.16. The van der Waals surface area contributed by atoms with Crippen LogP contribution >= 0.6 is 0 Å². The molecule has 0 aliphatic carbocycles. The first-order valence-electron chi connectivity index (χ1n) is 7.55. The summed E-state index contributed by atoms with van der Waals surface area (Å²) in [5, 5.41) is 0. The van der Waals surface area contributed by atoms with E-state index >= 15 is 0 Å². The maximum Gasteiger partial charge on any atom is 0.355 e. The first kappa shape index (κ1) is 14.1. The molecule has 2 aromatic rings. The number of methoxy groups -OCH3 is 1. The zero-order valence-corrected chi connectivity index (χ0v) is 12.4. The molecule has 0 bridgehead atoms. The molecule has 1 saturated heterocycles. The van der Waals surface area contributed by atoms with E-state index in [1.165, 1.54) is 32.8 Å². The van der Waals surface area contributed by atoms with Crippen LogP contribution < -0.4 is 0 Å². The number of fused-ring (bicyclic) bond motifs is 1. The molecular weight excluding hydrogens is 266 g/mol. The molecule has 2 aromatic heterocycles. The van der Waals surface area contributed by atoms with Gasteiger partial charge in [-0.05, 0) is 38.1 Å². The van der Waals surface area contributed by atoms with Crippen molar-refractivity contribution >= 4 is 11.6 Å². The van der Waals surface area contributed by atoms with Gasteiger partial charge < -0.3 is 4.74 Å². The average molecular weight is 287 g/mol. The molecule has 0 radical (unpaired) electrons. The molecule has 0 atom stereocenters. The van der Waals surface area contributed by atoms with Crippen LogP contribution in [0, 0.1) is 0 Å². The van der Waals surface area contributed by atoms with Gasteiger partial charge in [0.15, 0.2) is 0 Å². The van der Waals surface area contributed by atoms with Crippen LogP contribution in [0.5, 0.6) is 0 Å². The van der Waals surface area contributed by atoms with E-state index in [2.05, 4.69) is 9.88 Å². The number of carbonyl (C=O) groups is 1. The molecule has 0 amide bonds. The number of imidazole rings is 1. The molecule has 3 rings (SSSR count). The lowest BCUT2D eigenvalue weighted by Crippen LogP contribution is -2.25. The number of hydrogen-bond donors (Lipinski definition) is 0. The molecule has 5 heteroatoms. The maximum absolute atomic E-state index is 11.9. The molecule has 1 aliphatic heterocycles. The Bertz CT molecular complexity index is 627. The Morgan fingerprint density at radius 1 is 1.24 bits per heavy atom. The van der Waals surface area contributed by atoms with Gasteiger partial charge in [-0.25, -0.2) is 9.78 Å². The van der Waals surface area contributed by atoms with Crippen LogP contribution in [-0.4, -0.2) is 40.5 Å². The third-order valence-electron chi connectivity index (χ3n) is 4.08. The molecule has 0 saturated carbocycles. The van der Waals surface area contributed by atoms with Crippen LogP contribution in [0.4, 0.5) is 0 Å². The van der Waals surface area contributed by atoms with E-state index in [-0.39, 0.29) is 5.97 Å². The molecule has 21 heavy (non-hydrogen) atoms. The number of nitrogens with zero attached hydrogens (tertiary/aromatic N) is 3. The summed E-state index contributed by atoms with van der Waals surface area (Å²) in [6.45, 7) is 3.07. The van der Waals surface area contributed by atoms with E-state index in [9.17, 15) is 4.79 Å². The number of likely N-dealkylation sites (tertiary alicyclic amines) is 1. The van der Waals surface area contributed by atoms with Crippen molar-refractivity contribution in [3.63, 3.8) is 0 Å². The fraction of sp³-hybridized carbons (Fsp3) is 0.500. The predicted octanol–water partition coefficient (Wildman–Crippen LogP) is 2.50. The summed E-state index contributed by atoms with van der Waals surface area (Å²) in [6, 6.07) is 5.54. The number of carbonyl (C=O) groups excluding carboxylic acids is 1. The lowest BCUT2D eigenvalue weighted by atomic mass is 10.2. The topological polar surface area (TPSA) is 46.8 Å². The van der Waals surface area contributed by atoms with Gasteiger partial charge in [-0.15, -0.1) is 0 Å². The fourth-order valence-corrected chi connectivity index (χ4v) is 3.00. The van der Waals surface area contributed by atoms with E-state index in [0.717, 1.165) is 31.0 Å². The highest BCUT2D eigenvalue weighted by atomic mass is 16.5. The lowest BCUT2D eigenvalue weighted by molar-refractivity contribution is 0.0591. The van der Waals surface area contributed by atoms with Gasteiger partial charge in [0.25, 0.3) is 0 Å². The van der Waals surface area contributed by atoms with Crippen LogP contribution in [0.25, 0.3) is 5.65 Å². The van der Waals surface area contributed by atoms with Crippen LogP contribution in [0.3, 0.4) is 0 Å².